The van der Waals surface area contributed by atoms with Gasteiger partial charge in [-0.1, -0.05) is 24.3 Å². The van der Waals surface area contributed by atoms with Crippen molar-refractivity contribution in [3.8, 4) is 17.2 Å². The molecule has 0 spiro atoms. The maximum Gasteiger partial charge on any atom is 0.343 e. The molecule has 0 bridgehead atoms. The van der Waals surface area contributed by atoms with Gasteiger partial charge in [-0.2, -0.15) is 5.10 Å². The molecule has 146 valence electrons. The van der Waals surface area contributed by atoms with Gasteiger partial charge in [0.2, 0.25) is 0 Å². The Kier molecular flexibility index (Phi) is 6.22. The van der Waals surface area contributed by atoms with Gasteiger partial charge in [-0.15, -0.1) is 0 Å². The Bertz CT molecular complexity index is 1050. The zero-order valence-electron chi connectivity index (χ0n) is 15.5. The van der Waals surface area contributed by atoms with Crippen LogP contribution in [0.5, 0.6) is 17.2 Å². The van der Waals surface area contributed by atoms with E-state index in [4.69, 9.17) is 9.47 Å². The molecule has 2 N–H and O–H groups in total. The molecule has 0 fully saturated rings. The minimum atomic E-state index is -0.540. The number of hydrazone groups is 1. The zero-order valence-corrected chi connectivity index (χ0v) is 15.5. The Balaban J connectivity index is 1.63. The number of amides is 1. The van der Waals surface area contributed by atoms with Crippen molar-refractivity contribution in [2.24, 2.45) is 5.10 Å². The molecule has 0 radical (unpaired) electrons. The third-order valence-electron chi connectivity index (χ3n) is 3.92. The molecule has 3 aromatic rings. The fraction of sp³-hybridized carbons (Fsp3) is 0.0455. The quantitative estimate of drug-likeness (QED) is 0.291. The molecule has 0 aromatic heterocycles. The summed E-state index contributed by atoms with van der Waals surface area (Å²) in [6.45, 7) is 0. The number of rotatable bonds is 6. The molecule has 1 amide bonds. The molecule has 0 unspecified atom stereocenters. The number of hydrogen-bond acceptors (Lipinski definition) is 6. The first kappa shape index (κ1) is 19.6. The lowest BCUT2D eigenvalue weighted by atomic mass is 10.2. The highest BCUT2D eigenvalue weighted by atomic mass is 16.5. The lowest BCUT2D eigenvalue weighted by molar-refractivity contribution is 0.0734. The van der Waals surface area contributed by atoms with E-state index < -0.39 is 11.9 Å². The third-order valence-corrected chi connectivity index (χ3v) is 3.92. The van der Waals surface area contributed by atoms with Crippen LogP contribution in [0.4, 0.5) is 0 Å². The maximum atomic E-state index is 12.2. The molecule has 3 rings (SSSR count). The van der Waals surface area contributed by atoms with E-state index in [-0.39, 0.29) is 11.3 Å². The first-order chi connectivity index (χ1) is 14.1. The molecule has 0 saturated heterocycles. The number of phenols is 1. The number of aromatic hydroxyl groups is 1. The van der Waals surface area contributed by atoms with Crippen LogP contribution in [-0.2, 0) is 0 Å². The van der Waals surface area contributed by atoms with Crippen molar-refractivity contribution >= 4 is 18.1 Å². The fourth-order valence-electron chi connectivity index (χ4n) is 2.44. The number of nitrogens with zero attached hydrogens (tertiary/aromatic N) is 1. The Morgan fingerprint density at radius 1 is 0.966 bits per heavy atom. The molecular weight excluding hydrogens is 372 g/mol. The van der Waals surface area contributed by atoms with Crippen LogP contribution in [0.25, 0.3) is 0 Å². The molecule has 7 heteroatoms. The van der Waals surface area contributed by atoms with Gasteiger partial charge in [-0.05, 0) is 54.1 Å². The summed E-state index contributed by atoms with van der Waals surface area (Å²) in [4.78, 5) is 24.2. The van der Waals surface area contributed by atoms with Crippen LogP contribution in [0.3, 0.4) is 0 Å². The lowest BCUT2D eigenvalue weighted by Crippen LogP contribution is -2.17. The van der Waals surface area contributed by atoms with Crippen molar-refractivity contribution in [2.45, 2.75) is 0 Å². The van der Waals surface area contributed by atoms with Crippen molar-refractivity contribution in [1.29, 1.82) is 0 Å². The van der Waals surface area contributed by atoms with E-state index in [1.807, 2.05) is 0 Å². The highest BCUT2D eigenvalue weighted by molar-refractivity contribution is 5.97. The number of hydrogen-bond donors (Lipinski definition) is 2. The minimum absolute atomic E-state index is 0.117. The largest absolute Gasteiger partial charge is 0.507 e. The van der Waals surface area contributed by atoms with Gasteiger partial charge in [0.15, 0.2) is 0 Å². The summed E-state index contributed by atoms with van der Waals surface area (Å²) in [5.74, 6) is -0.198. The average Bonchev–Trinajstić information content (AvgIpc) is 2.74. The standard InChI is InChI=1S/C22H18N2O5/c1-28-17-11-9-16(10-12-17)22(27)29-18-6-4-5-15(13-18)14-23-24-21(26)19-7-2-3-8-20(19)25/h2-14,25H,1H3,(H,24,26)/b23-14-. The number of methoxy groups -OCH3 is 1. The molecule has 0 heterocycles. The van der Waals surface area contributed by atoms with Crippen molar-refractivity contribution < 1.29 is 24.2 Å². The van der Waals surface area contributed by atoms with Gasteiger partial charge in [-0.3, -0.25) is 4.79 Å². The van der Waals surface area contributed by atoms with E-state index in [0.29, 0.717) is 22.6 Å². The van der Waals surface area contributed by atoms with Crippen LogP contribution in [0.15, 0.2) is 77.9 Å². The van der Waals surface area contributed by atoms with Crippen molar-refractivity contribution in [3.63, 3.8) is 0 Å². The van der Waals surface area contributed by atoms with Gasteiger partial charge >= 0.3 is 5.97 Å². The molecule has 3 aromatic carbocycles. The van der Waals surface area contributed by atoms with E-state index in [1.54, 1.807) is 67.8 Å². The van der Waals surface area contributed by atoms with Crippen molar-refractivity contribution in [3.05, 3.63) is 89.5 Å². The normalized spacial score (nSPS) is 10.5. The van der Waals surface area contributed by atoms with E-state index in [9.17, 15) is 14.7 Å². The monoisotopic (exact) mass is 390 g/mol. The fourth-order valence-corrected chi connectivity index (χ4v) is 2.44. The van der Waals surface area contributed by atoms with Crippen LogP contribution in [0, 0.1) is 0 Å². The number of benzene rings is 3. The third kappa shape index (κ3) is 5.20. The summed E-state index contributed by atoms with van der Waals surface area (Å²) < 4.78 is 10.4. The van der Waals surface area contributed by atoms with Crippen LogP contribution >= 0.6 is 0 Å². The molecule has 0 aliphatic rings. The van der Waals surface area contributed by atoms with Crippen molar-refractivity contribution in [2.75, 3.05) is 7.11 Å². The first-order valence-corrected chi connectivity index (χ1v) is 8.64. The Morgan fingerprint density at radius 2 is 1.72 bits per heavy atom. The number of carbonyl (C=O) groups is 2. The molecule has 0 saturated carbocycles. The van der Waals surface area contributed by atoms with E-state index >= 15 is 0 Å². The van der Waals surface area contributed by atoms with Gasteiger partial charge in [-0.25, -0.2) is 10.2 Å². The summed E-state index contributed by atoms with van der Waals surface area (Å²) in [6, 6.07) is 19.4. The van der Waals surface area contributed by atoms with E-state index in [2.05, 4.69) is 10.5 Å². The van der Waals surface area contributed by atoms with Gasteiger partial charge in [0.05, 0.1) is 24.5 Å². The summed E-state index contributed by atoms with van der Waals surface area (Å²) in [7, 11) is 1.55. The zero-order chi connectivity index (χ0) is 20.6. The Labute approximate surface area is 167 Å². The molecule has 29 heavy (non-hydrogen) atoms. The van der Waals surface area contributed by atoms with Crippen molar-refractivity contribution in [1.82, 2.24) is 5.43 Å². The molecule has 0 aliphatic carbocycles. The number of nitrogens with one attached hydrogen (secondary N) is 1. The van der Waals surface area contributed by atoms with Gasteiger partial charge in [0, 0.05) is 0 Å². The maximum absolute atomic E-state index is 12.2. The summed E-state index contributed by atoms with van der Waals surface area (Å²) in [6.07, 6.45) is 1.41. The van der Waals surface area contributed by atoms with E-state index in [1.165, 1.54) is 18.3 Å². The predicted octanol–water partition coefficient (Wildman–Crippen LogP) is 3.38. The second kappa shape index (κ2) is 9.18. The number of para-hydroxylation sites is 1. The Morgan fingerprint density at radius 3 is 2.45 bits per heavy atom. The number of ether oxygens (including phenoxy) is 2. The smallest absolute Gasteiger partial charge is 0.343 e. The van der Waals surface area contributed by atoms with E-state index in [0.717, 1.165) is 0 Å². The van der Waals surface area contributed by atoms with Gasteiger partial charge < -0.3 is 14.6 Å². The van der Waals surface area contributed by atoms with Crippen LogP contribution in [-0.4, -0.2) is 30.3 Å². The lowest BCUT2D eigenvalue weighted by Gasteiger charge is -2.06. The summed E-state index contributed by atoms with van der Waals surface area (Å²) in [5, 5.41) is 13.5. The average molecular weight is 390 g/mol. The van der Waals surface area contributed by atoms with Crippen LogP contribution < -0.4 is 14.9 Å². The number of carbonyl (C=O) groups excluding carboxylic acids is 2. The topological polar surface area (TPSA) is 97.2 Å². The summed E-state index contributed by atoms with van der Waals surface area (Å²) >= 11 is 0. The van der Waals surface area contributed by atoms with Gasteiger partial charge in [0.1, 0.15) is 17.2 Å². The number of esters is 1. The SMILES string of the molecule is COc1ccc(C(=O)Oc2cccc(/C=N\NC(=O)c3ccccc3O)c2)cc1. The van der Waals surface area contributed by atoms with Gasteiger partial charge in [0.25, 0.3) is 5.91 Å². The second-order valence-electron chi connectivity index (χ2n) is 5.91. The first-order valence-electron chi connectivity index (χ1n) is 8.64. The Hall–Kier alpha value is -4.13. The second-order valence-corrected chi connectivity index (χ2v) is 5.91. The molecule has 0 atom stereocenters. The molecular formula is C22H18N2O5. The molecule has 0 aliphatic heterocycles. The highest BCUT2D eigenvalue weighted by Crippen LogP contribution is 2.17. The number of phenolic OH excluding ortho intramolecular Hbond substituents is 1. The molecule has 7 nitrogen and oxygen atoms in total. The van der Waals surface area contributed by atoms with Crippen LogP contribution in [0.1, 0.15) is 26.3 Å². The predicted molar refractivity (Wildman–Crippen MR) is 108 cm³/mol. The summed E-state index contributed by atoms with van der Waals surface area (Å²) in [5.41, 5.74) is 3.46. The highest BCUT2D eigenvalue weighted by Gasteiger charge is 2.10. The minimum Gasteiger partial charge on any atom is -0.507 e. The van der Waals surface area contributed by atoms with Crippen LogP contribution in [0.2, 0.25) is 0 Å².